The summed E-state index contributed by atoms with van der Waals surface area (Å²) >= 11 is 0. The second kappa shape index (κ2) is 8.57. The molecule has 2 saturated heterocycles. The summed E-state index contributed by atoms with van der Waals surface area (Å²) in [5.41, 5.74) is -0.948. The zero-order chi connectivity index (χ0) is 21.1. The third-order valence-corrected chi connectivity index (χ3v) is 4.75. The predicted molar refractivity (Wildman–Crippen MR) is 99.1 cm³/mol. The van der Waals surface area contributed by atoms with Crippen LogP contribution in [0.25, 0.3) is 0 Å². The molecule has 0 spiro atoms. The van der Waals surface area contributed by atoms with Gasteiger partial charge in [-0.15, -0.1) is 0 Å². The van der Waals surface area contributed by atoms with E-state index in [9.17, 15) is 19.5 Å². The van der Waals surface area contributed by atoms with Crippen molar-refractivity contribution in [1.82, 2.24) is 20.4 Å². The number of amides is 3. The SMILES string of the molecule is CCOC(=O)N/C(NC(=O)C1CN(C)CCO1)=C1/CN(C(=O)O)C(C)(C)C1=N. The summed E-state index contributed by atoms with van der Waals surface area (Å²) < 4.78 is 10.3. The number of carbonyl (C=O) groups is 3. The smallest absolute Gasteiger partial charge is 0.412 e. The van der Waals surface area contributed by atoms with Gasteiger partial charge in [-0.1, -0.05) is 0 Å². The van der Waals surface area contributed by atoms with Gasteiger partial charge in [-0.25, -0.2) is 9.59 Å². The lowest BCUT2D eigenvalue weighted by Crippen LogP contribution is -2.50. The monoisotopic (exact) mass is 397 g/mol. The molecule has 11 nitrogen and oxygen atoms in total. The largest absolute Gasteiger partial charge is 0.465 e. The van der Waals surface area contributed by atoms with E-state index in [0.717, 1.165) is 4.90 Å². The molecular weight excluding hydrogens is 370 g/mol. The summed E-state index contributed by atoms with van der Waals surface area (Å²) in [6, 6.07) is 0. The molecule has 1 unspecified atom stereocenters. The Kier molecular flexibility index (Phi) is 6.62. The number of nitrogens with one attached hydrogen (secondary N) is 3. The molecule has 0 aliphatic carbocycles. The van der Waals surface area contributed by atoms with Crippen LogP contribution in [0.1, 0.15) is 20.8 Å². The number of hydrogen-bond acceptors (Lipinski definition) is 7. The Bertz CT molecular complexity index is 704. The maximum atomic E-state index is 12.6. The molecule has 2 rings (SSSR count). The normalized spacial score (nSPS) is 23.9. The number of likely N-dealkylation sites (tertiary alicyclic amines) is 1. The van der Waals surface area contributed by atoms with Crippen molar-refractivity contribution in [3.63, 3.8) is 0 Å². The van der Waals surface area contributed by atoms with Gasteiger partial charge < -0.3 is 30.2 Å². The van der Waals surface area contributed by atoms with Crippen LogP contribution in [0.3, 0.4) is 0 Å². The van der Waals surface area contributed by atoms with Gasteiger partial charge in [-0.3, -0.25) is 15.0 Å². The van der Waals surface area contributed by atoms with Crippen molar-refractivity contribution in [2.45, 2.75) is 32.4 Å². The molecule has 2 aliphatic heterocycles. The van der Waals surface area contributed by atoms with E-state index in [1.165, 1.54) is 0 Å². The average molecular weight is 397 g/mol. The average Bonchev–Trinajstić information content (AvgIpc) is 2.84. The van der Waals surface area contributed by atoms with Crippen LogP contribution in [0.4, 0.5) is 9.59 Å². The molecule has 0 saturated carbocycles. The Morgan fingerprint density at radius 3 is 2.57 bits per heavy atom. The summed E-state index contributed by atoms with van der Waals surface area (Å²) in [5, 5.41) is 22.8. The summed E-state index contributed by atoms with van der Waals surface area (Å²) in [4.78, 5) is 39.1. The van der Waals surface area contributed by atoms with Gasteiger partial charge in [0, 0.05) is 18.7 Å². The maximum Gasteiger partial charge on any atom is 0.412 e. The zero-order valence-electron chi connectivity index (χ0n) is 16.5. The first-order valence-electron chi connectivity index (χ1n) is 8.95. The number of carbonyl (C=O) groups excluding carboxylic acids is 2. The van der Waals surface area contributed by atoms with Crippen LogP contribution in [0.5, 0.6) is 0 Å². The Balaban J connectivity index is 2.32. The first kappa shape index (κ1) is 21.6. The summed E-state index contributed by atoms with van der Waals surface area (Å²) in [7, 11) is 1.86. The van der Waals surface area contributed by atoms with E-state index in [2.05, 4.69) is 10.6 Å². The van der Waals surface area contributed by atoms with Gasteiger partial charge in [-0.2, -0.15) is 0 Å². The minimum absolute atomic E-state index is 0.0244. The molecule has 0 bridgehead atoms. The highest BCUT2D eigenvalue weighted by Crippen LogP contribution is 2.30. The molecule has 2 aliphatic rings. The lowest BCUT2D eigenvalue weighted by atomic mass is 9.97. The highest BCUT2D eigenvalue weighted by atomic mass is 16.5. The minimum atomic E-state index is -1.20. The Morgan fingerprint density at radius 2 is 2.04 bits per heavy atom. The molecule has 156 valence electrons. The summed E-state index contributed by atoms with van der Waals surface area (Å²) in [5.74, 6) is -0.563. The third kappa shape index (κ3) is 4.60. The standard InChI is InChI=1S/C17H27N5O6/c1-5-27-15(24)20-13(19-14(23)11-9-21(4)6-7-28-11)10-8-22(16(25)26)17(2,3)12(10)18/h11,18H,5-9H2,1-4H3,(H,19,23)(H,20,24)(H,25,26)/b13-10-,18-12?. The Hall–Kier alpha value is -2.66. The van der Waals surface area contributed by atoms with Gasteiger partial charge in [-0.05, 0) is 27.8 Å². The maximum absolute atomic E-state index is 12.6. The van der Waals surface area contributed by atoms with E-state index in [1.807, 2.05) is 11.9 Å². The molecule has 0 aromatic heterocycles. The molecule has 4 N–H and O–H groups in total. The lowest BCUT2D eigenvalue weighted by Gasteiger charge is -2.29. The summed E-state index contributed by atoms with van der Waals surface area (Å²) in [6.45, 7) is 6.21. The van der Waals surface area contributed by atoms with Crippen LogP contribution in [-0.2, 0) is 14.3 Å². The van der Waals surface area contributed by atoms with Crippen LogP contribution in [0.2, 0.25) is 0 Å². The van der Waals surface area contributed by atoms with Gasteiger partial charge >= 0.3 is 12.2 Å². The quantitative estimate of drug-likeness (QED) is 0.530. The molecule has 0 radical (unpaired) electrons. The number of alkyl carbamates (subject to hydrolysis) is 1. The van der Waals surface area contributed by atoms with Gasteiger partial charge in [0.2, 0.25) is 0 Å². The molecule has 3 amide bonds. The number of likely N-dealkylation sites (N-methyl/N-ethyl adjacent to an activating group) is 1. The van der Waals surface area contributed by atoms with Crippen LogP contribution < -0.4 is 10.6 Å². The van der Waals surface area contributed by atoms with Crippen LogP contribution in [0, 0.1) is 5.41 Å². The minimum Gasteiger partial charge on any atom is -0.465 e. The number of rotatable bonds is 4. The number of ether oxygens (including phenoxy) is 2. The van der Waals surface area contributed by atoms with Gasteiger partial charge in [0.15, 0.2) is 0 Å². The van der Waals surface area contributed by atoms with E-state index in [4.69, 9.17) is 14.9 Å². The van der Waals surface area contributed by atoms with Crippen molar-refractivity contribution in [2.24, 2.45) is 0 Å². The number of carboxylic acid groups (broad SMARTS) is 1. The van der Waals surface area contributed by atoms with E-state index >= 15 is 0 Å². The zero-order valence-corrected chi connectivity index (χ0v) is 16.5. The lowest BCUT2D eigenvalue weighted by molar-refractivity contribution is -0.137. The first-order chi connectivity index (χ1) is 13.1. The topological polar surface area (TPSA) is 144 Å². The molecule has 0 aromatic carbocycles. The molecular formula is C17H27N5O6. The van der Waals surface area contributed by atoms with E-state index in [0.29, 0.717) is 19.7 Å². The van der Waals surface area contributed by atoms with Crippen molar-refractivity contribution in [1.29, 1.82) is 5.41 Å². The molecule has 28 heavy (non-hydrogen) atoms. The predicted octanol–water partition coefficient (Wildman–Crippen LogP) is 0.183. The van der Waals surface area contributed by atoms with Gasteiger partial charge in [0.1, 0.15) is 11.9 Å². The second-order valence-corrected chi connectivity index (χ2v) is 7.11. The van der Waals surface area contributed by atoms with E-state index in [1.54, 1.807) is 20.8 Å². The van der Waals surface area contributed by atoms with Crippen molar-refractivity contribution in [2.75, 3.05) is 39.9 Å². The fraction of sp³-hybridized carbons (Fsp3) is 0.647. The number of morpholine rings is 1. The van der Waals surface area contributed by atoms with E-state index in [-0.39, 0.29) is 30.3 Å². The van der Waals surface area contributed by atoms with Gasteiger partial charge in [0.05, 0.1) is 31.0 Å². The Labute approximate surface area is 163 Å². The van der Waals surface area contributed by atoms with Crippen LogP contribution >= 0.6 is 0 Å². The third-order valence-electron chi connectivity index (χ3n) is 4.75. The highest BCUT2D eigenvalue weighted by molar-refractivity contribution is 6.10. The van der Waals surface area contributed by atoms with Crippen LogP contribution in [0.15, 0.2) is 11.4 Å². The van der Waals surface area contributed by atoms with Crippen molar-refractivity contribution in [3.8, 4) is 0 Å². The molecule has 2 fully saturated rings. The van der Waals surface area contributed by atoms with Gasteiger partial charge in [0.25, 0.3) is 5.91 Å². The summed E-state index contributed by atoms with van der Waals surface area (Å²) in [6.07, 6.45) is -2.77. The molecule has 1 atom stereocenters. The van der Waals surface area contributed by atoms with E-state index < -0.39 is 29.7 Å². The fourth-order valence-corrected chi connectivity index (χ4v) is 3.04. The highest BCUT2D eigenvalue weighted by Gasteiger charge is 2.45. The van der Waals surface area contributed by atoms with Crippen molar-refractivity contribution in [3.05, 3.63) is 11.4 Å². The fourth-order valence-electron chi connectivity index (χ4n) is 3.04. The van der Waals surface area contributed by atoms with Crippen molar-refractivity contribution >= 4 is 23.8 Å². The van der Waals surface area contributed by atoms with Crippen LogP contribution in [-0.4, -0.2) is 90.3 Å². The second-order valence-electron chi connectivity index (χ2n) is 7.11. The number of nitrogens with zero attached hydrogens (tertiary/aromatic N) is 2. The first-order valence-corrected chi connectivity index (χ1v) is 8.95. The molecule has 2 heterocycles. The number of hydrogen-bond donors (Lipinski definition) is 4. The Morgan fingerprint density at radius 1 is 1.36 bits per heavy atom. The molecule has 0 aromatic rings. The van der Waals surface area contributed by atoms with Crippen molar-refractivity contribution < 1.29 is 29.0 Å². The molecule has 11 heteroatoms.